The van der Waals surface area contributed by atoms with Crippen LogP contribution >= 0.6 is 0 Å². The van der Waals surface area contributed by atoms with E-state index in [-0.39, 0.29) is 6.09 Å². The number of hydrogen-bond donors (Lipinski definition) is 1. The maximum Gasteiger partial charge on any atom is 0.410 e. The average Bonchev–Trinajstić information content (AvgIpc) is 2.92. The number of carbonyl (C=O) groups is 1. The minimum absolute atomic E-state index is 0.240. The molecule has 1 aliphatic heterocycles. The zero-order chi connectivity index (χ0) is 16.2. The first-order chi connectivity index (χ1) is 10.4. The van der Waals surface area contributed by atoms with Crippen LogP contribution in [0, 0.1) is 11.3 Å². The van der Waals surface area contributed by atoms with E-state index in [1.165, 1.54) is 0 Å². The molecule has 1 aliphatic rings. The number of carbonyl (C=O) groups excluding carboxylic acids is 1. The highest BCUT2D eigenvalue weighted by Gasteiger charge is 2.26. The molecule has 1 fully saturated rings. The molecule has 2 rings (SSSR count). The number of nitriles is 1. The molecule has 1 amide bonds. The molecule has 0 saturated carbocycles. The zero-order valence-electron chi connectivity index (χ0n) is 13.4. The van der Waals surface area contributed by atoms with Crippen LogP contribution in [0.15, 0.2) is 16.5 Å². The number of hydrogen-bond acceptors (Lipinski definition) is 5. The Morgan fingerprint density at radius 1 is 1.45 bits per heavy atom. The highest BCUT2D eigenvalue weighted by molar-refractivity contribution is 5.68. The van der Waals surface area contributed by atoms with Gasteiger partial charge in [-0.1, -0.05) is 0 Å². The Labute approximate surface area is 131 Å². The number of amides is 1. The van der Waals surface area contributed by atoms with Gasteiger partial charge < -0.3 is 19.4 Å². The molecule has 0 aromatic carbocycles. The SMILES string of the molecule is CC(C)(C)OC(=O)N1CCC(NCc2ccc(C#N)o2)CC1. The quantitative estimate of drug-likeness (QED) is 0.928. The molecular formula is C16H23N3O3. The highest BCUT2D eigenvalue weighted by atomic mass is 16.6. The number of ether oxygens (including phenoxy) is 1. The Balaban J connectivity index is 1.73. The van der Waals surface area contributed by atoms with Gasteiger partial charge in [0.25, 0.3) is 0 Å². The lowest BCUT2D eigenvalue weighted by molar-refractivity contribution is 0.0197. The molecule has 0 aliphatic carbocycles. The Hall–Kier alpha value is -2.00. The molecule has 0 atom stereocenters. The van der Waals surface area contributed by atoms with Gasteiger partial charge in [-0.15, -0.1) is 0 Å². The van der Waals surface area contributed by atoms with E-state index in [9.17, 15) is 4.79 Å². The van der Waals surface area contributed by atoms with Crippen molar-refractivity contribution in [2.75, 3.05) is 13.1 Å². The number of nitrogens with zero attached hydrogens (tertiary/aromatic N) is 2. The van der Waals surface area contributed by atoms with E-state index in [0.29, 0.717) is 31.4 Å². The fourth-order valence-electron chi connectivity index (χ4n) is 2.37. The van der Waals surface area contributed by atoms with Crippen molar-refractivity contribution in [3.8, 4) is 6.07 Å². The monoisotopic (exact) mass is 305 g/mol. The maximum atomic E-state index is 12.0. The summed E-state index contributed by atoms with van der Waals surface area (Å²) in [6, 6.07) is 5.79. The van der Waals surface area contributed by atoms with Gasteiger partial charge in [0.05, 0.1) is 6.54 Å². The molecule has 0 unspecified atom stereocenters. The summed E-state index contributed by atoms with van der Waals surface area (Å²) < 4.78 is 10.7. The van der Waals surface area contributed by atoms with Gasteiger partial charge in [0.2, 0.25) is 5.76 Å². The minimum atomic E-state index is -0.454. The first kappa shape index (κ1) is 16.4. The summed E-state index contributed by atoms with van der Waals surface area (Å²) in [5, 5.41) is 12.1. The maximum absolute atomic E-state index is 12.0. The lowest BCUT2D eigenvalue weighted by Gasteiger charge is -2.33. The Morgan fingerprint density at radius 2 is 2.14 bits per heavy atom. The van der Waals surface area contributed by atoms with Crippen LogP contribution in [0.1, 0.15) is 45.1 Å². The summed E-state index contributed by atoms with van der Waals surface area (Å²) in [7, 11) is 0. The Morgan fingerprint density at radius 3 is 2.68 bits per heavy atom. The van der Waals surface area contributed by atoms with Crippen LogP contribution < -0.4 is 5.32 Å². The van der Waals surface area contributed by atoms with Crippen molar-refractivity contribution in [1.82, 2.24) is 10.2 Å². The molecule has 2 heterocycles. The van der Waals surface area contributed by atoms with Crippen molar-refractivity contribution in [3.05, 3.63) is 23.7 Å². The lowest BCUT2D eigenvalue weighted by atomic mass is 10.1. The van der Waals surface area contributed by atoms with Crippen molar-refractivity contribution in [3.63, 3.8) is 0 Å². The normalized spacial score (nSPS) is 16.4. The standard InChI is InChI=1S/C16H23N3O3/c1-16(2,3)22-15(20)19-8-6-12(7-9-19)18-11-14-5-4-13(10-17)21-14/h4-5,12,18H,6-9,11H2,1-3H3. The fraction of sp³-hybridized carbons (Fsp3) is 0.625. The first-order valence-corrected chi connectivity index (χ1v) is 7.57. The lowest BCUT2D eigenvalue weighted by Crippen LogP contribution is -2.46. The predicted molar refractivity (Wildman–Crippen MR) is 81.1 cm³/mol. The van der Waals surface area contributed by atoms with E-state index in [2.05, 4.69) is 5.32 Å². The van der Waals surface area contributed by atoms with Gasteiger partial charge in [0, 0.05) is 19.1 Å². The molecule has 1 saturated heterocycles. The van der Waals surface area contributed by atoms with Crippen molar-refractivity contribution in [1.29, 1.82) is 5.26 Å². The van der Waals surface area contributed by atoms with Crippen LogP contribution in [0.2, 0.25) is 0 Å². The van der Waals surface area contributed by atoms with Gasteiger partial charge >= 0.3 is 6.09 Å². The smallest absolute Gasteiger partial charge is 0.410 e. The van der Waals surface area contributed by atoms with E-state index in [4.69, 9.17) is 14.4 Å². The molecule has 0 bridgehead atoms. The van der Waals surface area contributed by atoms with E-state index >= 15 is 0 Å². The molecule has 120 valence electrons. The molecular weight excluding hydrogens is 282 g/mol. The Bertz CT molecular complexity index is 546. The summed E-state index contributed by atoms with van der Waals surface area (Å²) in [5.74, 6) is 1.09. The van der Waals surface area contributed by atoms with Crippen LogP contribution in [0.25, 0.3) is 0 Å². The van der Waals surface area contributed by atoms with E-state index < -0.39 is 5.60 Å². The van der Waals surface area contributed by atoms with Crippen LogP contribution in [0.5, 0.6) is 0 Å². The minimum Gasteiger partial charge on any atom is -0.449 e. The van der Waals surface area contributed by atoms with Crippen LogP contribution in [-0.2, 0) is 11.3 Å². The molecule has 1 aromatic rings. The summed E-state index contributed by atoms with van der Waals surface area (Å²) in [6.07, 6.45) is 1.52. The number of nitrogens with one attached hydrogen (secondary N) is 1. The second kappa shape index (κ2) is 6.84. The number of furan rings is 1. The third-order valence-electron chi connectivity index (χ3n) is 3.48. The van der Waals surface area contributed by atoms with Crippen LogP contribution in [0.4, 0.5) is 4.79 Å². The van der Waals surface area contributed by atoms with Crippen LogP contribution in [0.3, 0.4) is 0 Å². The van der Waals surface area contributed by atoms with Gasteiger partial charge in [0.1, 0.15) is 17.4 Å². The third kappa shape index (κ3) is 4.78. The summed E-state index contributed by atoms with van der Waals surface area (Å²) in [6.45, 7) is 7.59. The summed E-state index contributed by atoms with van der Waals surface area (Å²) in [4.78, 5) is 13.7. The predicted octanol–water partition coefficient (Wildman–Crippen LogP) is 2.64. The van der Waals surface area contributed by atoms with Gasteiger partial charge in [0.15, 0.2) is 0 Å². The molecule has 22 heavy (non-hydrogen) atoms. The fourth-order valence-corrected chi connectivity index (χ4v) is 2.37. The molecule has 1 N–H and O–H groups in total. The number of rotatable bonds is 3. The molecule has 1 aromatic heterocycles. The van der Waals surface area contributed by atoms with Crippen molar-refractivity contribution in [2.45, 2.75) is 51.8 Å². The van der Waals surface area contributed by atoms with Crippen molar-refractivity contribution < 1.29 is 13.9 Å². The van der Waals surface area contributed by atoms with Crippen molar-refractivity contribution >= 4 is 6.09 Å². The molecule has 0 spiro atoms. The highest BCUT2D eigenvalue weighted by Crippen LogP contribution is 2.16. The van der Waals surface area contributed by atoms with Gasteiger partial charge in [-0.25, -0.2) is 4.79 Å². The number of likely N-dealkylation sites (tertiary alicyclic amines) is 1. The van der Waals surface area contributed by atoms with E-state index in [1.807, 2.05) is 26.8 Å². The van der Waals surface area contributed by atoms with E-state index in [1.54, 1.807) is 17.0 Å². The van der Waals surface area contributed by atoms with E-state index in [0.717, 1.165) is 18.6 Å². The second-order valence-electron chi connectivity index (χ2n) is 6.50. The Kier molecular flexibility index (Phi) is 5.09. The van der Waals surface area contributed by atoms with Crippen LogP contribution in [-0.4, -0.2) is 35.7 Å². The van der Waals surface area contributed by atoms with Gasteiger partial charge in [-0.05, 0) is 45.7 Å². The average molecular weight is 305 g/mol. The summed E-state index contributed by atoms with van der Waals surface area (Å²) in [5.41, 5.74) is -0.454. The second-order valence-corrected chi connectivity index (χ2v) is 6.50. The van der Waals surface area contributed by atoms with Crippen molar-refractivity contribution in [2.24, 2.45) is 0 Å². The largest absolute Gasteiger partial charge is 0.449 e. The van der Waals surface area contributed by atoms with Gasteiger partial charge in [-0.3, -0.25) is 0 Å². The van der Waals surface area contributed by atoms with Gasteiger partial charge in [-0.2, -0.15) is 5.26 Å². The third-order valence-corrected chi connectivity index (χ3v) is 3.48. The molecule has 6 heteroatoms. The molecule has 0 radical (unpaired) electrons. The first-order valence-electron chi connectivity index (χ1n) is 7.57. The topological polar surface area (TPSA) is 78.5 Å². The molecule has 6 nitrogen and oxygen atoms in total. The zero-order valence-corrected chi connectivity index (χ0v) is 13.4. The summed E-state index contributed by atoms with van der Waals surface area (Å²) >= 11 is 0. The number of piperidine rings is 1.